The van der Waals surface area contributed by atoms with Crippen LogP contribution in [0.5, 0.6) is 5.75 Å². The van der Waals surface area contributed by atoms with E-state index in [1.165, 1.54) is 0 Å². The van der Waals surface area contributed by atoms with Crippen LogP contribution in [0.3, 0.4) is 0 Å². The summed E-state index contributed by atoms with van der Waals surface area (Å²) in [4.78, 5) is 4.37. The third-order valence-electron chi connectivity index (χ3n) is 3.94. The standard InChI is InChI=1S/C19H15N3O2/c23-12-13-4-6-14(7-5-13)17-8-9-19-20-11-18(22(19)21-17)15-2-1-3-16(24)10-15/h1-11,23-24H,12H2. The van der Waals surface area contributed by atoms with E-state index in [4.69, 9.17) is 5.11 Å². The second kappa shape index (κ2) is 5.79. The number of nitrogens with zero attached hydrogens (tertiary/aromatic N) is 3. The van der Waals surface area contributed by atoms with E-state index in [1.807, 2.05) is 42.5 Å². The summed E-state index contributed by atoms with van der Waals surface area (Å²) in [7, 11) is 0. The molecule has 0 amide bonds. The molecule has 0 atom stereocenters. The first-order valence-corrected chi connectivity index (χ1v) is 7.59. The quantitative estimate of drug-likeness (QED) is 0.608. The Morgan fingerprint density at radius 3 is 2.50 bits per heavy atom. The molecule has 0 spiro atoms. The summed E-state index contributed by atoms with van der Waals surface area (Å²) in [6.45, 7) is 0.0237. The third kappa shape index (κ3) is 2.51. The summed E-state index contributed by atoms with van der Waals surface area (Å²) in [6, 6.07) is 18.5. The highest BCUT2D eigenvalue weighted by Gasteiger charge is 2.09. The molecular formula is C19H15N3O2. The van der Waals surface area contributed by atoms with Crippen molar-refractivity contribution in [3.05, 3.63) is 72.4 Å². The number of fused-ring (bicyclic) bond motifs is 1. The largest absolute Gasteiger partial charge is 0.508 e. The minimum Gasteiger partial charge on any atom is -0.508 e. The molecule has 0 aliphatic rings. The van der Waals surface area contributed by atoms with Crippen molar-refractivity contribution in [3.63, 3.8) is 0 Å². The molecule has 118 valence electrons. The Hall–Kier alpha value is -3.18. The minimum atomic E-state index is 0.0237. The highest BCUT2D eigenvalue weighted by Crippen LogP contribution is 2.25. The lowest BCUT2D eigenvalue weighted by Gasteiger charge is -2.06. The molecule has 2 heterocycles. The lowest BCUT2D eigenvalue weighted by atomic mass is 10.1. The molecule has 0 saturated heterocycles. The van der Waals surface area contributed by atoms with Gasteiger partial charge in [0.1, 0.15) is 5.75 Å². The average molecular weight is 317 g/mol. The van der Waals surface area contributed by atoms with Crippen molar-refractivity contribution in [1.82, 2.24) is 14.6 Å². The smallest absolute Gasteiger partial charge is 0.154 e. The zero-order chi connectivity index (χ0) is 16.5. The van der Waals surface area contributed by atoms with Gasteiger partial charge in [0.25, 0.3) is 0 Å². The topological polar surface area (TPSA) is 70.7 Å². The summed E-state index contributed by atoms with van der Waals surface area (Å²) >= 11 is 0. The molecule has 2 aromatic heterocycles. The fourth-order valence-electron chi connectivity index (χ4n) is 2.67. The molecule has 0 radical (unpaired) electrons. The van der Waals surface area contributed by atoms with Crippen LogP contribution < -0.4 is 0 Å². The van der Waals surface area contributed by atoms with E-state index in [-0.39, 0.29) is 12.4 Å². The number of hydrogen-bond donors (Lipinski definition) is 2. The van der Waals surface area contributed by atoms with E-state index in [9.17, 15) is 5.11 Å². The molecule has 0 aliphatic carbocycles. The maximum absolute atomic E-state index is 9.70. The molecular weight excluding hydrogens is 302 g/mol. The number of rotatable bonds is 3. The van der Waals surface area contributed by atoms with Crippen LogP contribution in [-0.2, 0) is 6.61 Å². The first kappa shape index (κ1) is 14.4. The molecule has 4 rings (SSSR count). The molecule has 2 aromatic carbocycles. The van der Waals surface area contributed by atoms with Crippen molar-refractivity contribution >= 4 is 5.65 Å². The summed E-state index contributed by atoms with van der Waals surface area (Å²) < 4.78 is 1.77. The molecule has 2 N–H and O–H groups in total. The summed E-state index contributed by atoms with van der Waals surface area (Å²) in [5.74, 6) is 0.207. The third-order valence-corrected chi connectivity index (χ3v) is 3.94. The number of phenols is 1. The van der Waals surface area contributed by atoms with Crippen LogP contribution in [0.4, 0.5) is 0 Å². The van der Waals surface area contributed by atoms with E-state index < -0.39 is 0 Å². The summed E-state index contributed by atoms with van der Waals surface area (Å²) in [5, 5.41) is 23.5. The molecule has 5 nitrogen and oxygen atoms in total. The van der Waals surface area contributed by atoms with E-state index >= 15 is 0 Å². The fourth-order valence-corrected chi connectivity index (χ4v) is 2.67. The predicted molar refractivity (Wildman–Crippen MR) is 91.4 cm³/mol. The summed E-state index contributed by atoms with van der Waals surface area (Å²) in [5.41, 5.74) is 5.04. The minimum absolute atomic E-state index is 0.0237. The fraction of sp³-hybridized carbons (Fsp3) is 0.0526. The Labute approximate surface area is 138 Å². The Morgan fingerprint density at radius 2 is 1.75 bits per heavy atom. The van der Waals surface area contributed by atoms with Gasteiger partial charge in [-0.1, -0.05) is 36.4 Å². The number of imidazole rings is 1. The summed E-state index contributed by atoms with van der Waals surface area (Å²) in [6.07, 6.45) is 1.75. The van der Waals surface area contributed by atoms with Gasteiger partial charge in [0, 0.05) is 11.1 Å². The van der Waals surface area contributed by atoms with Gasteiger partial charge in [-0.15, -0.1) is 0 Å². The monoisotopic (exact) mass is 317 g/mol. The van der Waals surface area contributed by atoms with Crippen LogP contribution in [0, 0.1) is 0 Å². The van der Waals surface area contributed by atoms with Crippen LogP contribution in [0.25, 0.3) is 28.2 Å². The maximum atomic E-state index is 9.70. The number of hydrogen-bond acceptors (Lipinski definition) is 4. The van der Waals surface area contributed by atoms with Crippen LogP contribution in [0.2, 0.25) is 0 Å². The highest BCUT2D eigenvalue weighted by atomic mass is 16.3. The van der Waals surface area contributed by atoms with Gasteiger partial charge < -0.3 is 10.2 Å². The van der Waals surface area contributed by atoms with Crippen LogP contribution in [0.1, 0.15) is 5.56 Å². The van der Waals surface area contributed by atoms with Crippen LogP contribution in [0.15, 0.2) is 66.9 Å². The normalized spacial score (nSPS) is 11.0. The molecule has 0 bridgehead atoms. The number of phenolic OH excluding ortho intramolecular Hbond substituents is 1. The maximum Gasteiger partial charge on any atom is 0.154 e. The molecule has 0 unspecified atom stereocenters. The van der Waals surface area contributed by atoms with Crippen molar-refractivity contribution in [1.29, 1.82) is 0 Å². The van der Waals surface area contributed by atoms with Crippen molar-refractivity contribution in [3.8, 4) is 28.3 Å². The predicted octanol–water partition coefficient (Wildman–Crippen LogP) is 3.26. The van der Waals surface area contributed by atoms with E-state index in [1.54, 1.807) is 28.9 Å². The van der Waals surface area contributed by atoms with Crippen LogP contribution >= 0.6 is 0 Å². The SMILES string of the molecule is OCc1ccc(-c2ccc3ncc(-c4cccc(O)c4)n3n2)cc1. The Balaban J connectivity index is 1.83. The van der Waals surface area contributed by atoms with Gasteiger partial charge in [-0.05, 0) is 29.8 Å². The lowest BCUT2D eigenvalue weighted by Crippen LogP contribution is -1.96. The average Bonchev–Trinajstić information content (AvgIpc) is 3.05. The molecule has 0 aliphatic heterocycles. The number of aliphatic hydroxyl groups is 1. The Bertz CT molecular complexity index is 1010. The Kier molecular flexibility index (Phi) is 3.48. The number of aromatic hydroxyl groups is 1. The van der Waals surface area contributed by atoms with Crippen molar-refractivity contribution in [2.45, 2.75) is 6.61 Å². The second-order valence-corrected chi connectivity index (χ2v) is 5.54. The van der Waals surface area contributed by atoms with Gasteiger partial charge in [-0.3, -0.25) is 0 Å². The first-order valence-electron chi connectivity index (χ1n) is 7.59. The molecule has 24 heavy (non-hydrogen) atoms. The van der Waals surface area contributed by atoms with Crippen LogP contribution in [-0.4, -0.2) is 24.8 Å². The van der Waals surface area contributed by atoms with E-state index in [0.29, 0.717) is 0 Å². The van der Waals surface area contributed by atoms with E-state index in [0.717, 1.165) is 33.7 Å². The molecule has 4 aromatic rings. The zero-order valence-electron chi connectivity index (χ0n) is 12.8. The second-order valence-electron chi connectivity index (χ2n) is 5.54. The zero-order valence-corrected chi connectivity index (χ0v) is 12.8. The first-order chi connectivity index (χ1) is 11.7. The van der Waals surface area contributed by atoms with Gasteiger partial charge >= 0.3 is 0 Å². The van der Waals surface area contributed by atoms with Crippen molar-refractivity contribution in [2.24, 2.45) is 0 Å². The molecule has 0 fully saturated rings. The number of benzene rings is 2. The van der Waals surface area contributed by atoms with Crippen molar-refractivity contribution in [2.75, 3.05) is 0 Å². The van der Waals surface area contributed by atoms with Gasteiger partial charge in [0.05, 0.1) is 24.2 Å². The molecule has 0 saturated carbocycles. The lowest BCUT2D eigenvalue weighted by molar-refractivity contribution is 0.282. The van der Waals surface area contributed by atoms with Gasteiger partial charge in [0.2, 0.25) is 0 Å². The van der Waals surface area contributed by atoms with Crippen molar-refractivity contribution < 1.29 is 10.2 Å². The Morgan fingerprint density at radius 1 is 0.917 bits per heavy atom. The van der Waals surface area contributed by atoms with Gasteiger partial charge in [0.15, 0.2) is 5.65 Å². The van der Waals surface area contributed by atoms with Gasteiger partial charge in [-0.25, -0.2) is 9.50 Å². The molecule has 5 heteroatoms. The number of aromatic nitrogens is 3. The van der Waals surface area contributed by atoms with Gasteiger partial charge in [-0.2, -0.15) is 5.10 Å². The number of aliphatic hydroxyl groups excluding tert-OH is 1. The van der Waals surface area contributed by atoms with E-state index in [2.05, 4.69) is 10.1 Å². The highest BCUT2D eigenvalue weighted by molar-refractivity contribution is 5.66.